The molecule has 1 saturated heterocycles. The lowest BCUT2D eigenvalue weighted by molar-refractivity contribution is -0.117. The Morgan fingerprint density at radius 3 is 2.65 bits per heavy atom. The number of carbonyl (C=O) groups is 1. The number of halogens is 1. The SMILES string of the molecule is Cc1c(Cl)cccc1N1C(=O)CC(N)C1(C)C. The Bertz CT molecular complexity index is 470. The quantitative estimate of drug-likeness (QED) is 0.835. The highest BCUT2D eigenvalue weighted by Crippen LogP contribution is 2.37. The zero-order chi connectivity index (χ0) is 12.8. The zero-order valence-corrected chi connectivity index (χ0v) is 11.1. The molecule has 1 fully saturated rings. The Labute approximate surface area is 107 Å². The fourth-order valence-electron chi connectivity index (χ4n) is 2.30. The van der Waals surface area contributed by atoms with Crippen molar-refractivity contribution in [1.82, 2.24) is 0 Å². The van der Waals surface area contributed by atoms with Crippen molar-refractivity contribution in [2.75, 3.05) is 4.90 Å². The molecular weight excluding hydrogens is 236 g/mol. The van der Waals surface area contributed by atoms with Crippen molar-refractivity contribution in [3.05, 3.63) is 28.8 Å². The molecule has 0 radical (unpaired) electrons. The van der Waals surface area contributed by atoms with Crippen LogP contribution in [0.3, 0.4) is 0 Å². The van der Waals surface area contributed by atoms with Crippen molar-refractivity contribution in [3.63, 3.8) is 0 Å². The summed E-state index contributed by atoms with van der Waals surface area (Å²) >= 11 is 6.10. The summed E-state index contributed by atoms with van der Waals surface area (Å²) in [4.78, 5) is 13.8. The van der Waals surface area contributed by atoms with E-state index in [4.69, 9.17) is 17.3 Å². The Kier molecular flexibility index (Phi) is 2.92. The Morgan fingerprint density at radius 2 is 2.12 bits per heavy atom. The molecule has 1 aromatic rings. The third-order valence-corrected chi connectivity index (χ3v) is 4.02. The standard InChI is InChI=1S/C13H17ClN2O/c1-8-9(14)5-4-6-10(8)16-12(17)7-11(15)13(16,2)3/h4-6,11H,7,15H2,1-3H3. The number of benzene rings is 1. The highest BCUT2D eigenvalue weighted by molar-refractivity contribution is 6.31. The molecule has 0 saturated carbocycles. The zero-order valence-electron chi connectivity index (χ0n) is 10.3. The van der Waals surface area contributed by atoms with Gasteiger partial charge in [-0.2, -0.15) is 0 Å². The number of anilines is 1. The summed E-state index contributed by atoms with van der Waals surface area (Å²) < 4.78 is 0. The molecule has 1 heterocycles. The minimum Gasteiger partial charge on any atom is -0.325 e. The molecule has 4 heteroatoms. The van der Waals surface area contributed by atoms with Crippen LogP contribution in [0.15, 0.2) is 18.2 Å². The van der Waals surface area contributed by atoms with E-state index in [1.165, 1.54) is 0 Å². The van der Waals surface area contributed by atoms with E-state index in [9.17, 15) is 4.79 Å². The van der Waals surface area contributed by atoms with Gasteiger partial charge in [-0.25, -0.2) is 0 Å². The maximum absolute atomic E-state index is 12.1. The molecule has 1 aliphatic heterocycles. The maximum atomic E-state index is 12.1. The van der Waals surface area contributed by atoms with Crippen LogP contribution in [0.5, 0.6) is 0 Å². The lowest BCUT2D eigenvalue weighted by Gasteiger charge is -2.35. The molecular formula is C13H17ClN2O. The van der Waals surface area contributed by atoms with Crippen molar-refractivity contribution >= 4 is 23.2 Å². The number of hydrogen-bond donors (Lipinski definition) is 1. The Balaban J connectivity index is 2.53. The lowest BCUT2D eigenvalue weighted by atomic mass is 9.96. The van der Waals surface area contributed by atoms with Gasteiger partial charge in [0, 0.05) is 23.2 Å². The molecule has 2 N–H and O–H groups in total. The van der Waals surface area contributed by atoms with Crippen LogP contribution < -0.4 is 10.6 Å². The smallest absolute Gasteiger partial charge is 0.229 e. The number of rotatable bonds is 1. The lowest BCUT2D eigenvalue weighted by Crippen LogP contribution is -2.50. The van der Waals surface area contributed by atoms with Gasteiger partial charge in [0.15, 0.2) is 0 Å². The van der Waals surface area contributed by atoms with Gasteiger partial charge in [0.05, 0.1) is 5.54 Å². The average molecular weight is 253 g/mol. The van der Waals surface area contributed by atoms with E-state index in [-0.39, 0.29) is 17.5 Å². The summed E-state index contributed by atoms with van der Waals surface area (Å²) in [7, 11) is 0. The van der Waals surface area contributed by atoms with Gasteiger partial charge in [0.25, 0.3) is 0 Å². The molecule has 0 aromatic heterocycles. The highest BCUT2D eigenvalue weighted by atomic mass is 35.5. The number of nitrogens with two attached hydrogens (primary N) is 1. The van der Waals surface area contributed by atoms with Crippen LogP contribution in [0.2, 0.25) is 5.02 Å². The second-order valence-electron chi connectivity index (χ2n) is 5.08. The summed E-state index contributed by atoms with van der Waals surface area (Å²) in [5.74, 6) is 0.0628. The topological polar surface area (TPSA) is 46.3 Å². The van der Waals surface area contributed by atoms with E-state index in [0.717, 1.165) is 11.3 Å². The van der Waals surface area contributed by atoms with Crippen LogP contribution in [-0.4, -0.2) is 17.5 Å². The van der Waals surface area contributed by atoms with Gasteiger partial charge in [0.2, 0.25) is 5.91 Å². The van der Waals surface area contributed by atoms with Gasteiger partial charge in [-0.1, -0.05) is 17.7 Å². The molecule has 3 nitrogen and oxygen atoms in total. The number of carbonyl (C=O) groups excluding carboxylic acids is 1. The number of amides is 1. The van der Waals surface area contributed by atoms with Gasteiger partial charge >= 0.3 is 0 Å². The minimum atomic E-state index is -0.369. The van der Waals surface area contributed by atoms with Crippen molar-refractivity contribution in [1.29, 1.82) is 0 Å². The summed E-state index contributed by atoms with van der Waals surface area (Å²) in [5, 5.41) is 0.673. The molecule has 0 spiro atoms. The molecule has 0 bridgehead atoms. The molecule has 92 valence electrons. The first-order chi connectivity index (χ1) is 7.85. The van der Waals surface area contributed by atoms with Crippen LogP contribution in [0.1, 0.15) is 25.8 Å². The fourth-order valence-corrected chi connectivity index (χ4v) is 2.47. The Morgan fingerprint density at radius 1 is 1.47 bits per heavy atom. The first kappa shape index (κ1) is 12.4. The van der Waals surface area contributed by atoms with Crippen LogP contribution >= 0.6 is 11.6 Å². The monoisotopic (exact) mass is 252 g/mol. The van der Waals surface area contributed by atoms with E-state index in [0.29, 0.717) is 11.4 Å². The van der Waals surface area contributed by atoms with E-state index in [1.54, 1.807) is 4.90 Å². The third kappa shape index (κ3) is 1.83. The van der Waals surface area contributed by atoms with Gasteiger partial charge < -0.3 is 10.6 Å². The minimum absolute atomic E-state index is 0.0628. The predicted octanol–water partition coefficient (Wildman–Crippen LogP) is 2.49. The molecule has 0 aliphatic carbocycles. The Hall–Kier alpha value is -1.06. The summed E-state index contributed by atoms with van der Waals surface area (Å²) in [5.41, 5.74) is 7.44. The molecule has 1 unspecified atom stereocenters. The van der Waals surface area contributed by atoms with Gasteiger partial charge in [-0.05, 0) is 38.5 Å². The van der Waals surface area contributed by atoms with Crippen molar-refractivity contribution in [3.8, 4) is 0 Å². The molecule has 1 aromatic carbocycles. The fraction of sp³-hybridized carbons (Fsp3) is 0.462. The van der Waals surface area contributed by atoms with E-state index >= 15 is 0 Å². The normalized spacial score (nSPS) is 23.2. The first-order valence-corrected chi connectivity index (χ1v) is 6.07. The van der Waals surface area contributed by atoms with Crippen LogP contribution in [0, 0.1) is 6.92 Å². The second-order valence-corrected chi connectivity index (χ2v) is 5.48. The molecule has 1 amide bonds. The largest absolute Gasteiger partial charge is 0.325 e. The summed E-state index contributed by atoms with van der Waals surface area (Å²) in [6.07, 6.45) is 0.388. The van der Waals surface area contributed by atoms with E-state index in [1.807, 2.05) is 39.0 Å². The van der Waals surface area contributed by atoms with Crippen LogP contribution in [0.4, 0.5) is 5.69 Å². The van der Waals surface area contributed by atoms with Crippen molar-refractivity contribution in [2.24, 2.45) is 5.73 Å². The highest BCUT2D eigenvalue weighted by Gasteiger charge is 2.45. The first-order valence-electron chi connectivity index (χ1n) is 5.69. The van der Waals surface area contributed by atoms with E-state index in [2.05, 4.69) is 0 Å². The molecule has 2 rings (SSSR count). The third-order valence-electron chi connectivity index (χ3n) is 3.61. The van der Waals surface area contributed by atoms with Crippen LogP contribution in [-0.2, 0) is 4.79 Å². The van der Waals surface area contributed by atoms with Gasteiger partial charge in [-0.3, -0.25) is 4.79 Å². The number of hydrogen-bond acceptors (Lipinski definition) is 2. The van der Waals surface area contributed by atoms with Gasteiger partial charge in [-0.15, -0.1) is 0 Å². The van der Waals surface area contributed by atoms with Crippen molar-refractivity contribution in [2.45, 2.75) is 38.8 Å². The summed E-state index contributed by atoms with van der Waals surface area (Å²) in [6, 6.07) is 5.46. The summed E-state index contributed by atoms with van der Waals surface area (Å²) in [6.45, 7) is 5.90. The predicted molar refractivity (Wildman–Crippen MR) is 70.3 cm³/mol. The molecule has 1 aliphatic rings. The second kappa shape index (κ2) is 4.00. The maximum Gasteiger partial charge on any atom is 0.229 e. The van der Waals surface area contributed by atoms with Crippen LogP contribution in [0.25, 0.3) is 0 Å². The average Bonchev–Trinajstić information content (AvgIpc) is 2.42. The molecule has 1 atom stereocenters. The van der Waals surface area contributed by atoms with Gasteiger partial charge in [0.1, 0.15) is 0 Å². The molecule has 17 heavy (non-hydrogen) atoms. The van der Waals surface area contributed by atoms with Crippen molar-refractivity contribution < 1.29 is 4.79 Å². The van der Waals surface area contributed by atoms with E-state index < -0.39 is 0 Å². The number of nitrogens with zero attached hydrogens (tertiary/aromatic N) is 1.